The maximum absolute atomic E-state index is 3.90. The molecule has 0 atom stereocenters. The molecular formula is C19H34. The Balaban J connectivity index is 6.35. The van der Waals surface area contributed by atoms with Crippen molar-refractivity contribution in [1.82, 2.24) is 0 Å². The lowest BCUT2D eigenvalue weighted by Gasteiger charge is -2.38. The van der Waals surface area contributed by atoms with E-state index in [1.54, 1.807) is 0 Å². The van der Waals surface area contributed by atoms with E-state index >= 15 is 0 Å². The highest BCUT2D eigenvalue weighted by Gasteiger charge is 2.32. The standard InChI is InChI=1S/C19H34/c1-12-13-15(18(6,7)8)16(19(9,10)11)14(2)17(3,4)5/h12-13H,1H2,2-11H3/b15-13+,16-14-. The first-order valence-corrected chi connectivity index (χ1v) is 7.28. The zero-order chi connectivity index (χ0) is 15.6. The molecule has 0 fully saturated rings. The third kappa shape index (κ3) is 5.01. The summed E-state index contributed by atoms with van der Waals surface area (Å²) in [6.07, 6.45) is 4.11. The minimum atomic E-state index is 0.128. The summed E-state index contributed by atoms with van der Waals surface area (Å²) in [7, 11) is 0. The number of rotatable bonds is 2. The molecule has 0 spiro atoms. The van der Waals surface area contributed by atoms with Crippen molar-refractivity contribution in [2.75, 3.05) is 0 Å². The first kappa shape index (κ1) is 18.2. The molecule has 0 aliphatic carbocycles. The molecule has 0 saturated carbocycles. The molecule has 19 heavy (non-hydrogen) atoms. The summed E-state index contributed by atoms with van der Waals surface area (Å²) in [4.78, 5) is 0. The van der Waals surface area contributed by atoms with Gasteiger partial charge in [-0.05, 0) is 34.3 Å². The predicted molar refractivity (Wildman–Crippen MR) is 89.3 cm³/mol. The number of allylic oxidation sites excluding steroid dienone is 5. The van der Waals surface area contributed by atoms with Crippen molar-refractivity contribution < 1.29 is 0 Å². The van der Waals surface area contributed by atoms with Crippen LogP contribution in [0.2, 0.25) is 0 Å². The van der Waals surface area contributed by atoms with Crippen LogP contribution in [0.25, 0.3) is 0 Å². The van der Waals surface area contributed by atoms with Gasteiger partial charge in [0.15, 0.2) is 0 Å². The Hall–Kier alpha value is -0.780. The molecule has 0 heteroatoms. The van der Waals surface area contributed by atoms with Crippen LogP contribution < -0.4 is 0 Å². The van der Waals surface area contributed by atoms with Crippen LogP contribution in [0.15, 0.2) is 35.5 Å². The van der Waals surface area contributed by atoms with Gasteiger partial charge in [0.05, 0.1) is 0 Å². The molecular weight excluding hydrogens is 228 g/mol. The van der Waals surface area contributed by atoms with E-state index in [1.807, 2.05) is 6.08 Å². The highest BCUT2D eigenvalue weighted by Crippen LogP contribution is 2.45. The highest BCUT2D eigenvalue weighted by molar-refractivity contribution is 5.45. The average molecular weight is 262 g/mol. The van der Waals surface area contributed by atoms with E-state index in [1.165, 1.54) is 16.7 Å². The van der Waals surface area contributed by atoms with E-state index in [9.17, 15) is 0 Å². The SMILES string of the molecule is C=C/C=C(\C(=C(/C)C(C)(C)C)C(C)(C)C)C(C)(C)C. The van der Waals surface area contributed by atoms with Gasteiger partial charge < -0.3 is 0 Å². The fourth-order valence-corrected chi connectivity index (χ4v) is 2.37. The summed E-state index contributed by atoms with van der Waals surface area (Å²) in [5, 5.41) is 0. The van der Waals surface area contributed by atoms with Crippen molar-refractivity contribution in [3.8, 4) is 0 Å². The smallest absolute Gasteiger partial charge is 0.0129 e. The minimum absolute atomic E-state index is 0.128. The van der Waals surface area contributed by atoms with Crippen molar-refractivity contribution in [3.63, 3.8) is 0 Å². The Labute approximate surface area is 121 Å². The van der Waals surface area contributed by atoms with Crippen molar-refractivity contribution >= 4 is 0 Å². The molecule has 0 nitrogen and oxygen atoms in total. The lowest BCUT2D eigenvalue weighted by Crippen LogP contribution is -2.25. The summed E-state index contributed by atoms with van der Waals surface area (Å²) >= 11 is 0. The van der Waals surface area contributed by atoms with Gasteiger partial charge in [-0.1, -0.05) is 86.6 Å². The van der Waals surface area contributed by atoms with E-state index in [4.69, 9.17) is 0 Å². The fourth-order valence-electron chi connectivity index (χ4n) is 2.37. The summed E-state index contributed by atoms with van der Waals surface area (Å²) in [5.74, 6) is 0. The quantitative estimate of drug-likeness (QED) is 0.495. The van der Waals surface area contributed by atoms with E-state index in [0.29, 0.717) is 0 Å². The maximum Gasteiger partial charge on any atom is -0.0129 e. The fraction of sp³-hybridized carbons (Fsp3) is 0.684. The molecule has 110 valence electrons. The van der Waals surface area contributed by atoms with Gasteiger partial charge in [-0.3, -0.25) is 0 Å². The molecule has 0 aromatic carbocycles. The second kappa shape index (κ2) is 5.69. The lowest BCUT2D eigenvalue weighted by atomic mass is 9.67. The molecule has 0 N–H and O–H groups in total. The van der Waals surface area contributed by atoms with Crippen LogP contribution in [0, 0.1) is 16.2 Å². The van der Waals surface area contributed by atoms with Crippen LogP contribution in [0.3, 0.4) is 0 Å². The van der Waals surface area contributed by atoms with Gasteiger partial charge in [0.1, 0.15) is 0 Å². The number of hydrogen-bond donors (Lipinski definition) is 0. The minimum Gasteiger partial charge on any atom is -0.0991 e. The van der Waals surface area contributed by atoms with Crippen molar-refractivity contribution in [2.45, 2.75) is 69.2 Å². The molecule has 0 unspecified atom stereocenters. The van der Waals surface area contributed by atoms with Gasteiger partial charge in [0.25, 0.3) is 0 Å². The Bertz CT molecular complexity index is 381. The summed E-state index contributed by atoms with van der Waals surface area (Å²) in [5.41, 5.74) is 4.81. The van der Waals surface area contributed by atoms with Crippen LogP contribution in [0.4, 0.5) is 0 Å². The van der Waals surface area contributed by atoms with E-state index in [-0.39, 0.29) is 16.2 Å². The van der Waals surface area contributed by atoms with E-state index in [2.05, 4.69) is 81.9 Å². The first-order valence-electron chi connectivity index (χ1n) is 7.28. The average Bonchev–Trinajstić information content (AvgIpc) is 2.11. The molecule has 0 saturated heterocycles. The second-order valence-corrected chi connectivity index (χ2v) is 8.57. The van der Waals surface area contributed by atoms with Gasteiger partial charge in [0.2, 0.25) is 0 Å². The van der Waals surface area contributed by atoms with Gasteiger partial charge in [-0.2, -0.15) is 0 Å². The Morgan fingerprint density at radius 1 is 0.737 bits per heavy atom. The van der Waals surface area contributed by atoms with Crippen molar-refractivity contribution in [2.24, 2.45) is 16.2 Å². The molecule has 0 aliphatic heterocycles. The van der Waals surface area contributed by atoms with Crippen LogP contribution in [-0.4, -0.2) is 0 Å². The summed E-state index contributed by atoms with van der Waals surface area (Å²) < 4.78 is 0. The molecule has 0 bridgehead atoms. The topological polar surface area (TPSA) is 0 Å². The zero-order valence-corrected chi connectivity index (χ0v) is 14.9. The molecule has 0 rings (SSSR count). The van der Waals surface area contributed by atoms with Crippen LogP contribution >= 0.6 is 0 Å². The monoisotopic (exact) mass is 262 g/mol. The third-order valence-electron chi connectivity index (χ3n) is 3.61. The van der Waals surface area contributed by atoms with Crippen molar-refractivity contribution in [1.29, 1.82) is 0 Å². The Kier molecular flexibility index (Phi) is 5.46. The van der Waals surface area contributed by atoms with Gasteiger partial charge >= 0.3 is 0 Å². The second-order valence-electron chi connectivity index (χ2n) is 8.57. The normalized spacial score (nSPS) is 16.2. The molecule has 0 aliphatic rings. The largest absolute Gasteiger partial charge is 0.0991 e. The molecule has 0 heterocycles. The van der Waals surface area contributed by atoms with Gasteiger partial charge in [0, 0.05) is 0 Å². The first-order chi connectivity index (χ1) is 8.23. The van der Waals surface area contributed by atoms with Crippen molar-refractivity contribution in [3.05, 3.63) is 35.5 Å². The predicted octanol–water partition coefficient (Wildman–Crippen LogP) is 6.55. The van der Waals surface area contributed by atoms with Gasteiger partial charge in [-0.15, -0.1) is 0 Å². The van der Waals surface area contributed by atoms with Crippen LogP contribution in [0.1, 0.15) is 69.2 Å². The van der Waals surface area contributed by atoms with E-state index in [0.717, 1.165) is 0 Å². The van der Waals surface area contributed by atoms with Crippen LogP contribution in [0.5, 0.6) is 0 Å². The summed E-state index contributed by atoms with van der Waals surface area (Å²) in [6.45, 7) is 26.8. The van der Waals surface area contributed by atoms with Gasteiger partial charge in [-0.25, -0.2) is 0 Å². The maximum atomic E-state index is 3.90. The lowest BCUT2D eigenvalue weighted by molar-refractivity contribution is 0.415. The number of hydrogen-bond acceptors (Lipinski definition) is 0. The third-order valence-corrected chi connectivity index (χ3v) is 3.61. The Morgan fingerprint density at radius 3 is 1.37 bits per heavy atom. The molecule has 0 radical (unpaired) electrons. The Morgan fingerprint density at radius 2 is 1.16 bits per heavy atom. The highest BCUT2D eigenvalue weighted by atomic mass is 14.4. The zero-order valence-electron chi connectivity index (χ0n) is 14.9. The molecule has 0 aromatic rings. The van der Waals surface area contributed by atoms with E-state index < -0.39 is 0 Å². The van der Waals surface area contributed by atoms with Crippen LogP contribution in [-0.2, 0) is 0 Å². The molecule has 0 aromatic heterocycles. The summed E-state index contributed by atoms with van der Waals surface area (Å²) in [6, 6.07) is 0. The molecule has 0 amide bonds.